The first kappa shape index (κ1) is 28.0. The molecule has 0 bridgehead atoms. The number of rotatable bonds is 9. The van der Waals surface area contributed by atoms with Gasteiger partial charge in [0.2, 0.25) is 0 Å². The second kappa shape index (κ2) is 11.0. The number of ether oxygens (including phenoxy) is 1. The van der Waals surface area contributed by atoms with E-state index >= 15 is 0 Å². The van der Waals surface area contributed by atoms with Crippen molar-refractivity contribution >= 4 is 49.0 Å². The minimum Gasteiger partial charge on any atom is -0.478 e. The molecule has 0 atom stereocenters. The SMILES string of the molecule is Cc1ccc(S(=O)(=O)Nc2ccc(Oc3ccc(NS(=O)(=O)c4ccc(C)cc4)c(C(=O)O)c3)cc2Cl)cc1. The Balaban J connectivity index is 1.54. The van der Waals surface area contributed by atoms with Crippen LogP contribution >= 0.6 is 11.6 Å². The maximum Gasteiger partial charge on any atom is 0.337 e. The highest BCUT2D eigenvalue weighted by atomic mass is 35.5. The van der Waals surface area contributed by atoms with E-state index in [4.69, 9.17) is 16.3 Å². The van der Waals surface area contributed by atoms with E-state index in [1.165, 1.54) is 54.6 Å². The molecule has 0 aliphatic carbocycles. The molecule has 0 unspecified atom stereocenters. The van der Waals surface area contributed by atoms with Crippen LogP contribution in [-0.2, 0) is 20.0 Å². The van der Waals surface area contributed by atoms with Gasteiger partial charge in [-0.05, 0) is 68.4 Å². The van der Waals surface area contributed by atoms with Crippen LogP contribution in [0.25, 0.3) is 0 Å². The van der Waals surface area contributed by atoms with E-state index < -0.39 is 26.0 Å². The third kappa shape index (κ3) is 6.69. The summed E-state index contributed by atoms with van der Waals surface area (Å²) in [6.07, 6.45) is 0. The molecule has 12 heteroatoms. The average Bonchev–Trinajstić information content (AvgIpc) is 2.87. The lowest BCUT2D eigenvalue weighted by atomic mass is 10.2. The molecule has 3 N–H and O–H groups in total. The van der Waals surface area contributed by atoms with E-state index in [1.54, 1.807) is 24.3 Å². The largest absolute Gasteiger partial charge is 0.478 e. The predicted octanol–water partition coefficient (Wildman–Crippen LogP) is 6.05. The number of carboxylic acids is 1. The number of benzene rings is 4. The van der Waals surface area contributed by atoms with Crippen molar-refractivity contribution < 1.29 is 31.5 Å². The van der Waals surface area contributed by atoms with Gasteiger partial charge in [0.1, 0.15) is 11.5 Å². The molecule has 0 spiro atoms. The fourth-order valence-electron chi connectivity index (χ4n) is 3.47. The number of aryl methyl sites for hydroxylation is 2. The van der Waals surface area contributed by atoms with Crippen molar-refractivity contribution in [3.63, 3.8) is 0 Å². The normalized spacial score (nSPS) is 11.6. The molecule has 0 aliphatic rings. The molecule has 0 radical (unpaired) electrons. The lowest BCUT2D eigenvalue weighted by Gasteiger charge is -2.14. The summed E-state index contributed by atoms with van der Waals surface area (Å²) in [7, 11) is -7.91. The first-order valence-corrected chi connectivity index (χ1v) is 14.7. The molecule has 0 saturated heterocycles. The van der Waals surface area contributed by atoms with Gasteiger partial charge in [0.05, 0.1) is 31.8 Å². The maximum atomic E-state index is 12.7. The number of sulfonamides is 2. The zero-order valence-corrected chi connectivity index (χ0v) is 23.1. The van der Waals surface area contributed by atoms with Crippen molar-refractivity contribution in [2.24, 2.45) is 0 Å². The number of aromatic carboxylic acids is 1. The molecule has 4 aromatic rings. The number of carboxylic acid groups (broad SMARTS) is 1. The number of nitrogens with one attached hydrogen (secondary N) is 2. The van der Waals surface area contributed by atoms with Gasteiger partial charge in [-0.2, -0.15) is 0 Å². The van der Waals surface area contributed by atoms with E-state index in [1.807, 2.05) is 13.8 Å². The van der Waals surface area contributed by atoms with Gasteiger partial charge in [-0.15, -0.1) is 0 Å². The Kier molecular flexibility index (Phi) is 7.86. The Morgan fingerprint density at radius 3 is 1.59 bits per heavy atom. The Morgan fingerprint density at radius 1 is 0.692 bits per heavy atom. The summed E-state index contributed by atoms with van der Waals surface area (Å²) >= 11 is 6.28. The first-order chi connectivity index (χ1) is 18.3. The minimum absolute atomic E-state index is 0.0162. The van der Waals surface area contributed by atoms with Crippen LogP contribution in [0.2, 0.25) is 5.02 Å². The molecule has 0 aliphatic heterocycles. The molecule has 39 heavy (non-hydrogen) atoms. The van der Waals surface area contributed by atoms with Crippen LogP contribution < -0.4 is 14.2 Å². The summed E-state index contributed by atoms with van der Waals surface area (Å²) < 4.78 is 61.3. The lowest BCUT2D eigenvalue weighted by Crippen LogP contribution is -2.15. The van der Waals surface area contributed by atoms with Crippen LogP contribution in [-0.4, -0.2) is 27.9 Å². The number of carbonyl (C=O) groups is 1. The smallest absolute Gasteiger partial charge is 0.337 e. The number of hydrogen-bond donors (Lipinski definition) is 3. The molecule has 9 nitrogen and oxygen atoms in total. The van der Waals surface area contributed by atoms with E-state index in [9.17, 15) is 26.7 Å². The standard InChI is InChI=1S/C27H23ClN2O7S2/c1-17-3-9-21(10-4-17)38(33,34)29-25-13-7-19(15-23(25)27(31)32)37-20-8-14-26(24(28)16-20)30-39(35,36)22-11-5-18(2)6-12-22/h3-16,29-30H,1-2H3,(H,31,32). The predicted molar refractivity (Wildman–Crippen MR) is 149 cm³/mol. The van der Waals surface area contributed by atoms with Crippen molar-refractivity contribution in [3.8, 4) is 11.5 Å². The zero-order valence-electron chi connectivity index (χ0n) is 20.7. The fourth-order valence-corrected chi connectivity index (χ4v) is 5.91. The van der Waals surface area contributed by atoms with Crippen molar-refractivity contribution in [2.45, 2.75) is 23.6 Å². The monoisotopic (exact) mass is 586 g/mol. The van der Waals surface area contributed by atoms with Crippen LogP contribution in [0.15, 0.2) is 94.7 Å². The van der Waals surface area contributed by atoms with Crippen LogP contribution in [0.5, 0.6) is 11.5 Å². The Bertz CT molecular complexity index is 1760. The molecule has 4 aromatic carbocycles. The lowest BCUT2D eigenvalue weighted by molar-refractivity contribution is 0.0697. The van der Waals surface area contributed by atoms with Gasteiger partial charge in [-0.3, -0.25) is 9.44 Å². The van der Waals surface area contributed by atoms with Gasteiger partial charge in [0.15, 0.2) is 0 Å². The van der Waals surface area contributed by atoms with Gasteiger partial charge in [-0.1, -0.05) is 47.0 Å². The molecule has 4 rings (SSSR count). The molecular weight excluding hydrogens is 564 g/mol. The molecule has 202 valence electrons. The topological polar surface area (TPSA) is 139 Å². The summed E-state index contributed by atoms with van der Waals surface area (Å²) in [6.45, 7) is 3.66. The Morgan fingerprint density at radius 2 is 1.13 bits per heavy atom. The van der Waals surface area contributed by atoms with E-state index in [0.717, 1.165) is 17.2 Å². The van der Waals surface area contributed by atoms with Gasteiger partial charge in [-0.25, -0.2) is 21.6 Å². The molecule has 0 heterocycles. The van der Waals surface area contributed by atoms with Crippen molar-refractivity contribution in [1.82, 2.24) is 0 Å². The van der Waals surface area contributed by atoms with Gasteiger partial charge >= 0.3 is 5.97 Å². The van der Waals surface area contributed by atoms with Crippen LogP contribution in [0.1, 0.15) is 21.5 Å². The molecule has 0 aromatic heterocycles. The third-order valence-corrected chi connectivity index (χ3v) is 8.62. The average molecular weight is 587 g/mol. The quantitative estimate of drug-likeness (QED) is 0.217. The van der Waals surface area contributed by atoms with Crippen LogP contribution in [0.4, 0.5) is 11.4 Å². The highest BCUT2D eigenvalue weighted by molar-refractivity contribution is 7.93. The molecule has 0 saturated carbocycles. The van der Waals surface area contributed by atoms with Gasteiger partial charge in [0.25, 0.3) is 20.0 Å². The second-order valence-electron chi connectivity index (χ2n) is 8.59. The summed E-state index contributed by atoms with van der Waals surface area (Å²) in [4.78, 5) is 11.9. The highest BCUT2D eigenvalue weighted by Gasteiger charge is 2.20. The summed E-state index contributed by atoms with van der Waals surface area (Å²) in [6, 6.07) is 20.5. The minimum atomic E-state index is -4.03. The summed E-state index contributed by atoms with van der Waals surface area (Å²) in [5.74, 6) is -1.08. The van der Waals surface area contributed by atoms with E-state index in [0.29, 0.717) is 0 Å². The van der Waals surface area contributed by atoms with Crippen LogP contribution in [0.3, 0.4) is 0 Å². The van der Waals surface area contributed by atoms with Crippen molar-refractivity contribution in [2.75, 3.05) is 9.44 Å². The van der Waals surface area contributed by atoms with E-state index in [-0.39, 0.29) is 43.3 Å². The van der Waals surface area contributed by atoms with Crippen LogP contribution in [0, 0.1) is 13.8 Å². The third-order valence-electron chi connectivity index (χ3n) is 5.55. The Labute approximate surface area is 231 Å². The molecule has 0 fully saturated rings. The van der Waals surface area contributed by atoms with Gasteiger partial charge < -0.3 is 9.84 Å². The maximum absolute atomic E-state index is 12.7. The fraction of sp³-hybridized carbons (Fsp3) is 0.0741. The molecule has 0 amide bonds. The number of halogens is 1. The first-order valence-electron chi connectivity index (χ1n) is 11.4. The Hall–Kier alpha value is -4.06. The summed E-state index contributed by atoms with van der Waals surface area (Å²) in [5, 5.41) is 9.73. The zero-order chi connectivity index (χ0) is 28.4. The van der Waals surface area contributed by atoms with Crippen molar-refractivity contribution in [3.05, 3.63) is 107 Å². The summed E-state index contributed by atoms with van der Waals surface area (Å²) in [5.41, 5.74) is 1.43. The van der Waals surface area contributed by atoms with E-state index in [2.05, 4.69) is 9.44 Å². The number of anilines is 2. The molecular formula is C27H23ClN2O7S2. The van der Waals surface area contributed by atoms with Gasteiger partial charge in [0, 0.05) is 6.07 Å². The second-order valence-corrected chi connectivity index (χ2v) is 12.4. The van der Waals surface area contributed by atoms with Crippen molar-refractivity contribution in [1.29, 1.82) is 0 Å². The number of hydrogen-bond acceptors (Lipinski definition) is 6. The highest BCUT2D eigenvalue weighted by Crippen LogP contribution is 2.33.